The number of ether oxygens (including phenoxy) is 2. The van der Waals surface area contributed by atoms with Crippen molar-refractivity contribution in [2.75, 3.05) is 14.2 Å². The molecular weight excluding hydrogens is 392 g/mol. The minimum Gasteiger partial charge on any atom is -0.496 e. The molecule has 31 heavy (non-hydrogen) atoms. The van der Waals surface area contributed by atoms with Gasteiger partial charge < -0.3 is 19.4 Å². The zero-order valence-corrected chi connectivity index (χ0v) is 17.8. The molecule has 0 saturated heterocycles. The highest BCUT2D eigenvalue weighted by atomic mass is 16.5. The van der Waals surface area contributed by atoms with Gasteiger partial charge in [0.2, 0.25) is 0 Å². The summed E-state index contributed by atoms with van der Waals surface area (Å²) in [6.07, 6.45) is 1.75. The highest BCUT2D eigenvalue weighted by Gasteiger charge is 2.19. The summed E-state index contributed by atoms with van der Waals surface area (Å²) in [6, 6.07) is 17.4. The van der Waals surface area contributed by atoms with Gasteiger partial charge in [-0.3, -0.25) is 4.79 Å². The van der Waals surface area contributed by atoms with E-state index in [0.29, 0.717) is 23.6 Å². The molecule has 2 aromatic carbocycles. The molecular formula is C24H24N4O3. The van der Waals surface area contributed by atoms with Crippen LogP contribution in [0.4, 0.5) is 0 Å². The molecule has 0 bridgehead atoms. The Morgan fingerprint density at radius 1 is 1.00 bits per heavy atom. The smallest absolute Gasteiger partial charge is 0.259 e. The van der Waals surface area contributed by atoms with E-state index < -0.39 is 0 Å². The third-order valence-electron chi connectivity index (χ3n) is 5.11. The fourth-order valence-corrected chi connectivity index (χ4v) is 3.51. The SMILES string of the molecule is COc1cccc(OC)c1C(=O)NCc1nc2cccnc2n1Cc1ccc(C)cc1. The summed E-state index contributed by atoms with van der Waals surface area (Å²) < 4.78 is 12.7. The van der Waals surface area contributed by atoms with Crippen LogP contribution in [0.1, 0.15) is 27.3 Å². The fourth-order valence-electron chi connectivity index (χ4n) is 3.51. The molecule has 0 unspecified atom stereocenters. The number of methoxy groups -OCH3 is 2. The molecule has 7 heteroatoms. The number of hydrogen-bond acceptors (Lipinski definition) is 5. The number of aryl methyl sites for hydroxylation is 1. The van der Waals surface area contributed by atoms with E-state index in [4.69, 9.17) is 14.5 Å². The van der Waals surface area contributed by atoms with Gasteiger partial charge in [-0.25, -0.2) is 9.97 Å². The van der Waals surface area contributed by atoms with Crippen LogP contribution in [-0.2, 0) is 13.1 Å². The second-order valence-corrected chi connectivity index (χ2v) is 7.17. The van der Waals surface area contributed by atoms with Crippen molar-refractivity contribution in [3.8, 4) is 11.5 Å². The molecule has 2 heterocycles. The lowest BCUT2D eigenvalue weighted by atomic mass is 10.1. The van der Waals surface area contributed by atoms with Crippen molar-refractivity contribution in [3.05, 3.63) is 83.3 Å². The van der Waals surface area contributed by atoms with Crippen LogP contribution < -0.4 is 14.8 Å². The van der Waals surface area contributed by atoms with E-state index in [2.05, 4.69) is 41.5 Å². The Balaban J connectivity index is 1.63. The van der Waals surface area contributed by atoms with Gasteiger partial charge in [0, 0.05) is 6.20 Å². The van der Waals surface area contributed by atoms with Crippen LogP contribution in [-0.4, -0.2) is 34.7 Å². The van der Waals surface area contributed by atoms with Crippen LogP contribution in [0.2, 0.25) is 0 Å². The summed E-state index contributed by atoms with van der Waals surface area (Å²) in [5.41, 5.74) is 4.26. The maximum atomic E-state index is 13.0. The Labute approximate surface area is 180 Å². The van der Waals surface area contributed by atoms with Crippen LogP contribution in [0.25, 0.3) is 11.2 Å². The van der Waals surface area contributed by atoms with E-state index in [1.807, 2.05) is 16.7 Å². The number of nitrogens with zero attached hydrogens (tertiary/aromatic N) is 3. The predicted octanol–water partition coefficient (Wildman–Crippen LogP) is 3.74. The molecule has 0 fully saturated rings. The zero-order valence-electron chi connectivity index (χ0n) is 17.8. The molecule has 0 aliphatic rings. The highest BCUT2D eigenvalue weighted by molar-refractivity contribution is 5.99. The molecule has 2 aromatic heterocycles. The molecule has 0 spiro atoms. The van der Waals surface area contributed by atoms with E-state index in [1.165, 1.54) is 19.8 Å². The van der Waals surface area contributed by atoms with Gasteiger partial charge in [0.1, 0.15) is 28.4 Å². The second-order valence-electron chi connectivity index (χ2n) is 7.17. The van der Waals surface area contributed by atoms with E-state index in [1.54, 1.807) is 24.4 Å². The van der Waals surface area contributed by atoms with Crippen molar-refractivity contribution >= 4 is 17.1 Å². The number of benzene rings is 2. The number of nitrogens with one attached hydrogen (secondary N) is 1. The van der Waals surface area contributed by atoms with Gasteiger partial charge in [0.25, 0.3) is 5.91 Å². The number of hydrogen-bond donors (Lipinski definition) is 1. The molecule has 0 radical (unpaired) electrons. The van der Waals surface area contributed by atoms with Crippen LogP contribution in [0.3, 0.4) is 0 Å². The first-order valence-electron chi connectivity index (χ1n) is 9.95. The first-order valence-corrected chi connectivity index (χ1v) is 9.95. The van der Waals surface area contributed by atoms with E-state index in [0.717, 1.165) is 22.6 Å². The van der Waals surface area contributed by atoms with Crippen LogP contribution in [0, 0.1) is 6.92 Å². The van der Waals surface area contributed by atoms with Gasteiger partial charge in [0.15, 0.2) is 5.65 Å². The normalized spacial score (nSPS) is 10.8. The van der Waals surface area contributed by atoms with Crippen molar-refractivity contribution in [1.29, 1.82) is 0 Å². The van der Waals surface area contributed by atoms with E-state index in [9.17, 15) is 4.79 Å². The summed E-state index contributed by atoms with van der Waals surface area (Å²) in [6.45, 7) is 2.91. The molecule has 158 valence electrons. The maximum absolute atomic E-state index is 13.0. The van der Waals surface area contributed by atoms with Gasteiger partial charge >= 0.3 is 0 Å². The van der Waals surface area contributed by atoms with Crippen LogP contribution >= 0.6 is 0 Å². The van der Waals surface area contributed by atoms with Crippen molar-refractivity contribution in [2.45, 2.75) is 20.0 Å². The van der Waals surface area contributed by atoms with Gasteiger partial charge in [0.05, 0.1) is 27.3 Å². The molecule has 4 rings (SSSR count). The third kappa shape index (κ3) is 4.21. The van der Waals surface area contributed by atoms with Gasteiger partial charge in [-0.15, -0.1) is 0 Å². The quantitative estimate of drug-likeness (QED) is 0.497. The molecule has 0 aliphatic heterocycles. The number of fused-ring (bicyclic) bond motifs is 1. The molecule has 1 amide bonds. The first kappa shape index (κ1) is 20.4. The second kappa shape index (κ2) is 8.87. The molecule has 4 aromatic rings. The van der Waals surface area contributed by atoms with E-state index >= 15 is 0 Å². The molecule has 0 aliphatic carbocycles. The summed E-state index contributed by atoms with van der Waals surface area (Å²) >= 11 is 0. The standard InChI is InChI=1S/C24H24N4O3/c1-16-9-11-17(12-10-16)15-28-21(27-18-6-5-13-25-23(18)28)14-26-24(29)22-19(30-2)7-4-8-20(22)31-3/h4-13H,14-15H2,1-3H3,(H,26,29). The topological polar surface area (TPSA) is 78.3 Å². The minimum absolute atomic E-state index is 0.238. The van der Waals surface area contributed by atoms with Gasteiger partial charge in [-0.05, 0) is 36.8 Å². The minimum atomic E-state index is -0.295. The zero-order chi connectivity index (χ0) is 21.8. The lowest BCUT2D eigenvalue weighted by molar-refractivity contribution is 0.0943. The maximum Gasteiger partial charge on any atom is 0.259 e. The number of imidazole rings is 1. The molecule has 1 N–H and O–H groups in total. The van der Waals surface area contributed by atoms with Crippen molar-refractivity contribution in [2.24, 2.45) is 0 Å². The number of carbonyl (C=O) groups is 1. The Kier molecular flexibility index (Phi) is 5.84. The Morgan fingerprint density at radius 2 is 1.71 bits per heavy atom. The Hall–Kier alpha value is -3.87. The van der Waals surface area contributed by atoms with Crippen LogP contribution in [0.15, 0.2) is 60.8 Å². The summed E-state index contributed by atoms with van der Waals surface area (Å²) in [4.78, 5) is 22.2. The first-order chi connectivity index (χ1) is 15.1. The lowest BCUT2D eigenvalue weighted by Crippen LogP contribution is -2.26. The van der Waals surface area contributed by atoms with Crippen molar-refractivity contribution in [3.63, 3.8) is 0 Å². The Morgan fingerprint density at radius 3 is 2.39 bits per heavy atom. The molecule has 7 nitrogen and oxygen atoms in total. The predicted molar refractivity (Wildman–Crippen MR) is 119 cm³/mol. The van der Waals surface area contributed by atoms with Crippen molar-refractivity contribution < 1.29 is 14.3 Å². The van der Waals surface area contributed by atoms with Crippen LogP contribution in [0.5, 0.6) is 11.5 Å². The summed E-state index contributed by atoms with van der Waals surface area (Å²) in [5, 5.41) is 2.95. The fraction of sp³-hybridized carbons (Fsp3) is 0.208. The number of carbonyl (C=O) groups excluding carboxylic acids is 1. The average molecular weight is 416 g/mol. The highest BCUT2D eigenvalue weighted by Crippen LogP contribution is 2.28. The average Bonchev–Trinajstić information content (AvgIpc) is 3.15. The summed E-state index contributed by atoms with van der Waals surface area (Å²) in [7, 11) is 3.05. The lowest BCUT2D eigenvalue weighted by Gasteiger charge is -2.14. The van der Waals surface area contributed by atoms with E-state index in [-0.39, 0.29) is 12.5 Å². The number of pyridine rings is 1. The monoisotopic (exact) mass is 416 g/mol. The Bertz CT molecular complexity index is 1190. The molecule has 0 atom stereocenters. The van der Waals surface area contributed by atoms with Gasteiger partial charge in [-0.1, -0.05) is 35.9 Å². The van der Waals surface area contributed by atoms with Crippen molar-refractivity contribution in [1.82, 2.24) is 19.9 Å². The largest absolute Gasteiger partial charge is 0.496 e. The van der Waals surface area contributed by atoms with Gasteiger partial charge in [-0.2, -0.15) is 0 Å². The number of aromatic nitrogens is 3. The number of rotatable bonds is 7. The third-order valence-corrected chi connectivity index (χ3v) is 5.11. The molecule has 0 saturated carbocycles. The summed E-state index contributed by atoms with van der Waals surface area (Å²) in [5.74, 6) is 1.33. The number of amides is 1.